The van der Waals surface area contributed by atoms with E-state index in [1.165, 1.54) is 12.3 Å². The summed E-state index contributed by atoms with van der Waals surface area (Å²) in [6.45, 7) is 1.01. The summed E-state index contributed by atoms with van der Waals surface area (Å²) < 4.78 is 44.1. The van der Waals surface area contributed by atoms with Crippen LogP contribution < -0.4 is 4.74 Å². The summed E-state index contributed by atoms with van der Waals surface area (Å²) in [4.78, 5) is 5.92. The van der Waals surface area contributed by atoms with Gasteiger partial charge < -0.3 is 4.74 Å². The Morgan fingerprint density at radius 2 is 2.16 bits per heavy atom. The van der Waals surface area contributed by atoms with Gasteiger partial charge in [-0.3, -0.25) is 4.90 Å². The molecule has 1 aromatic rings. The van der Waals surface area contributed by atoms with Gasteiger partial charge in [0.1, 0.15) is 11.7 Å². The molecule has 1 saturated carbocycles. The second-order valence-electron chi connectivity index (χ2n) is 5.35. The summed E-state index contributed by atoms with van der Waals surface area (Å²) in [6.07, 6.45) is -1.44. The van der Waals surface area contributed by atoms with Crippen molar-refractivity contribution in [2.24, 2.45) is 5.92 Å². The molecule has 1 aliphatic carbocycles. The number of fused-ring (bicyclic) bond motifs is 2. The number of ether oxygens (including phenoxy) is 1. The average Bonchev–Trinajstić information content (AvgIpc) is 2.86. The topological polar surface area (TPSA) is 25.4 Å². The lowest BCUT2D eigenvalue weighted by Crippen LogP contribution is -2.41. The van der Waals surface area contributed by atoms with Crippen molar-refractivity contribution in [2.45, 2.75) is 31.2 Å². The molecule has 0 radical (unpaired) electrons. The molecule has 1 saturated heterocycles. The Morgan fingerprint density at radius 1 is 1.37 bits per heavy atom. The minimum Gasteiger partial charge on any atom is -0.472 e. The molecule has 3 atom stereocenters. The second kappa shape index (κ2) is 4.37. The predicted octanol–water partition coefficient (Wildman–Crippen LogP) is 2.57. The highest BCUT2D eigenvalue weighted by molar-refractivity contribution is 5.28. The van der Waals surface area contributed by atoms with E-state index >= 15 is 0 Å². The molecule has 2 aliphatic rings. The van der Waals surface area contributed by atoms with Crippen molar-refractivity contribution < 1.29 is 17.9 Å². The van der Waals surface area contributed by atoms with Crippen LogP contribution in [0, 0.1) is 5.92 Å². The fourth-order valence-corrected chi connectivity index (χ4v) is 3.20. The zero-order valence-corrected chi connectivity index (χ0v) is 10.5. The number of alkyl halides is 3. The Labute approximate surface area is 109 Å². The van der Waals surface area contributed by atoms with E-state index in [1.807, 2.05) is 7.05 Å². The van der Waals surface area contributed by atoms with Gasteiger partial charge >= 0.3 is 6.18 Å². The van der Waals surface area contributed by atoms with Crippen molar-refractivity contribution in [1.29, 1.82) is 0 Å². The third-order valence-corrected chi connectivity index (χ3v) is 4.02. The third-order valence-electron chi connectivity index (χ3n) is 4.02. The van der Waals surface area contributed by atoms with Crippen molar-refractivity contribution in [3.8, 4) is 5.88 Å². The van der Waals surface area contributed by atoms with Gasteiger partial charge in [-0.1, -0.05) is 0 Å². The number of rotatable bonds is 2. The Bertz CT molecular complexity index is 477. The number of aromatic nitrogens is 1. The smallest absolute Gasteiger partial charge is 0.421 e. The van der Waals surface area contributed by atoms with E-state index in [9.17, 15) is 13.2 Å². The zero-order valence-electron chi connectivity index (χ0n) is 10.5. The molecular formula is C13H15F3N2O. The Hall–Kier alpha value is -1.30. The first kappa shape index (κ1) is 12.7. The van der Waals surface area contributed by atoms with Gasteiger partial charge in [0.25, 0.3) is 0 Å². The maximum atomic E-state index is 12.9. The maximum Gasteiger partial charge on any atom is 0.421 e. The molecule has 2 bridgehead atoms. The average molecular weight is 272 g/mol. The fraction of sp³-hybridized carbons (Fsp3) is 0.615. The van der Waals surface area contributed by atoms with E-state index in [-0.39, 0.29) is 18.0 Å². The lowest BCUT2D eigenvalue weighted by Gasteiger charge is -2.30. The number of halogens is 3. The van der Waals surface area contributed by atoms with Crippen LogP contribution in [0.3, 0.4) is 0 Å². The number of pyridine rings is 1. The molecule has 0 aromatic carbocycles. The van der Waals surface area contributed by atoms with Gasteiger partial charge in [-0.2, -0.15) is 13.2 Å². The molecule has 6 heteroatoms. The highest BCUT2D eigenvalue weighted by Gasteiger charge is 2.45. The number of piperidine rings is 1. The van der Waals surface area contributed by atoms with Gasteiger partial charge in [0.15, 0.2) is 0 Å². The largest absolute Gasteiger partial charge is 0.472 e. The lowest BCUT2D eigenvalue weighted by molar-refractivity contribution is -0.139. The van der Waals surface area contributed by atoms with Gasteiger partial charge in [0, 0.05) is 18.8 Å². The number of likely N-dealkylation sites (N-methyl/N-ethyl adjacent to an activating group) is 1. The molecule has 104 valence electrons. The lowest BCUT2D eigenvalue weighted by atomic mass is 10.1. The molecule has 1 aliphatic heterocycles. The molecular weight excluding hydrogens is 257 g/mol. The van der Waals surface area contributed by atoms with Gasteiger partial charge in [-0.25, -0.2) is 4.98 Å². The van der Waals surface area contributed by atoms with Crippen LogP contribution in [0.1, 0.15) is 18.4 Å². The third kappa shape index (κ3) is 2.29. The number of hydrogen-bond donors (Lipinski definition) is 0. The van der Waals surface area contributed by atoms with Crippen LogP contribution in [0.5, 0.6) is 5.88 Å². The van der Waals surface area contributed by atoms with Crippen molar-refractivity contribution in [2.75, 3.05) is 13.6 Å². The minimum atomic E-state index is -4.42. The van der Waals surface area contributed by atoms with E-state index in [2.05, 4.69) is 9.88 Å². The first-order chi connectivity index (χ1) is 8.95. The van der Waals surface area contributed by atoms with Crippen LogP contribution >= 0.6 is 0 Å². The number of likely N-dealkylation sites (tertiary alicyclic amines) is 1. The van der Waals surface area contributed by atoms with Gasteiger partial charge in [0.2, 0.25) is 5.88 Å². The Kier molecular flexibility index (Phi) is 2.92. The maximum absolute atomic E-state index is 12.9. The summed E-state index contributed by atoms with van der Waals surface area (Å²) in [5.41, 5.74) is -0.791. The molecule has 0 spiro atoms. The van der Waals surface area contributed by atoms with E-state index in [0.29, 0.717) is 5.92 Å². The number of nitrogens with zero attached hydrogens (tertiary/aromatic N) is 2. The summed E-state index contributed by atoms with van der Waals surface area (Å²) in [7, 11) is 1.99. The van der Waals surface area contributed by atoms with Crippen molar-refractivity contribution in [1.82, 2.24) is 9.88 Å². The van der Waals surface area contributed by atoms with Crippen LogP contribution in [0.25, 0.3) is 0 Å². The summed E-state index contributed by atoms with van der Waals surface area (Å²) in [5.74, 6) is 0.249. The van der Waals surface area contributed by atoms with Crippen LogP contribution in [-0.4, -0.2) is 35.6 Å². The van der Waals surface area contributed by atoms with Crippen LogP contribution in [0.4, 0.5) is 13.2 Å². The van der Waals surface area contributed by atoms with Crippen molar-refractivity contribution in [3.63, 3.8) is 0 Å². The van der Waals surface area contributed by atoms with Crippen LogP contribution in [-0.2, 0) is 6.18 Å². The van der Waals surface area contributed by atoms with Gasteiger partial charge in [-0.05, 0) is 37.9 Å². The van der Waals surface area contributed by atoms with Gasteiger partial charge in [-0.15, -0.1) is 0 Å². The molecule has 0 N–H and O–H groups in total. The SMILES string of the molecule is CN1CC2CC(Oc3ncccc3C(F)(F)F)C1C2. The molecule has 2 fully saturated rings. The van der Waals surface area contributed by atoms with Gasteiger partial charge in [0.05, 0.1) is 0 Å². The molecule has 3 unspecified atom stereocenters. The molecule has 0 amide bonds. The number of hydrogen-bond acceptors (Lipinski definition) is 3. The highest BCUT2D eigenvalue weighted by atomic mass is 19.4. The molecule has 19 heavy (non-hydrogen) atoms. The van der Waals surface area contributed by atoms with E-state index < -0.39 is 11.7 Å². The van der Waals surface area contributed by atoms with Crippen molar-refractivity contribution >= 4 is 0 Å². The Balaban J connectivity index is 1.81. The summed E-state index contributed by atoms with van der Waals surface area (Å²) in [6, 6.07) is 2.51. The van der Waals surface area contributed by atoms with E-state index in [4.69, 9.17) is 4.74 Å². The Morgan fingerprint density at radius 3 is 2.79 bits per heavy atom. The quantitative estimate of drug-likeness (QED) is 0.827. The standard InChI is InChI=1S/C13H15F3N2O/c1-18-7-8-5-10(18)11(6-8)19-12-9(13(14,15)16)3-2-4-17-12/h2-4,8,10-11H,5-7H2,1H3. The monoisotopic (exact) mass is 272 g/mol. The van der Waals surface area contributed by atoms with Crippen LogP contribution in [0.2, 0.25) is 0 Å². The van der Waals surface area contributed by atoms with E-state index in [1.54, 1.807) is 0 Å². The second-order valence-corrected chi connectivity index (χ2v) is 5.35. The normalized spacial score (nSPS) is 30.8. The molecule has 1 aromatic heterocycles. The highest BCUT2D eigenvalue weighted by Crippen LogP contribution is 2.41. The molecule has 3 rings (SSSR count). The van der Waals surface area contributed by atoms with Crippen LogP contribution in [0.15, 0.2) is 18.3 Å². The first-order valence-electron chi connectivity index (χ1n) is 6.34. The van der Waals surface area contributed by atoms with E-state index in [0.717, 1.165) is 25.5 Å². The first-order valence-corrected chi connectivity index (χ1v) is 6.34. The van der Waals surface area contributed by atoms with Crippen molar-refractivity contribution in [3.05, 3.63) is 23.9 Å². The summed E-state index contributed by atoms with van der Waals surface area (Å²) in [5, 5.41) is 0. The zero-order chi connectivity index (χ0) is 13.6. The summed E-state index contributed by atoms with van der Waals surface area (Å²) >= 11 is 0. The fourth-order valence-electron chi connectivity index (χ4n) is 3.20. The predicted molar refractivity (Wildman–Crippen MR) is 62.8 cm³/mol. The molecule has 3 nitrogen and oxygen atoms in total. The molecule has 2 heterocycles. The minimum absolute atomic E-state index is 0.181.